The number of benzene rings is 1. The first-order valence-electron chi connectivity index (χ1n) is 5.46. The van der Waals surface area contributed by atoms with E-state index in [2.05, 4.69) is 4.98 Å². The molecule has 17 heavy (non-hydrogen) atoms. The summed E-state index contributed by atoms with van der Waals surface area (Å²) < 4.78 is 18.7. The van der Waals surface area contributed by atoms with E-state index in [4.69, 9.17) is 4.74 Å². The zero-order valence-corrected chi connectivity index (χ0v) is 9.90. The van der Waals surface area contributed by atoms with Crippen molar-refractivity contribution in [3.63, 3.8) is 0 Å². The maximum Gasteiger partial charge on any atom is 0.255 e. The van der Waals surface area contributed by atoms with E-state index < -0.39 is 5.95 Å². The van der Waals surface area contributed by atoms with Gasteiger partial charge in [-0.1, -0.05) is 23.8 Å². The summed E-state index contributed by atoms with van der Waals surface area (Å²) in [7, 11) is 0. The molecule has 0 bridgehead atoms. The van der Waals surface area contributed by atoms with Gasteiger partial charge in [-0.05, 0) is 37.1 Å². The zero-order valence-electron chi connectivity index (χ0n) is 9.90. The van der Waals surface area contributed by atoms with Crippen LogP contribution < -0.4 is 4.74 Å². The molecule has 3 heteroatoms. The van der Waals surface area contributed by atoms with Crippen molar-refractivity contribution >= 4 is 0 Å². The van der Waals surface area contributed by atoms with Crippen molar-refractivity contribution in [3.8, 4) is 5.75 Å². The standard InChI is InChI=1S/C14H14FNO/c1-10-5-6-11(2)12(8-10)9-17-13-4-3-7-16-14(13)15/h3-8H,9H2,1-2H3. The van der Waals surface area contributed by atoms with Gasteiger partial charge in [-0.25, -0.2) is 4.98 Å². The third-order valence-corrected chi connectivity index (χ3v) is 2.61. The van der Waals surface area contributed by atoms with Crippen LogP contribution in [0.25, 0.3) is 0 Å². The minimum Gasteiger partial charge on any atom is -0.484 e. The average Bonchev–Trinajstić information content (AvgIpc) is 2.32. The van der Waals surface area contributed by atoms with Crippen molar-refractivity contribution < 1.29 is 9.13 Å². The summed E-state index contributed by atoms with van der Waals surface area (Å²) in [4.78, 5) is 3.54. The minimum atomic E-state index is -0.571. The molecule has 0 atom stereocenters. The largest absolute Gasteiger partial charge is 0.484 e. The maximum atomic E-state index is 13.2. The predicted octanol–water partition coefficient (Wildman–Crippen LogP) is 3.42. The molecule has 0 aliphatic rings. The molecule has 2 nitrogen and oxygen atoms in total. The van der Waals surface area contributed by atoms with Crippen LogP contribution in [0.5, 0.6) is 5.75 Å². The lowest BCUT2D eigenvalue weighted by Crippen LogP contribution is -2.00. The SMILES string of the molecule is Cc1ccc(C)c(COc2cccnc2F)c1. The molecule has 0 amide bonds. The molecule has 0 spiro atoms. The minimum absolute atomic E-state index is 0.188. The lowest BCUT2D eigenvalue weighted by Gasteiger charge is -2.09. The Labute approximate surface area is 100 Å². The second-order valence-electron chi connectivity index (χ2n) is 4.01. The van der Waals surface area contributed by atoms with Crippen LogP contribution in [0.15, 0.2) is 36.5 Å². The summed E-state index contributed by atoms with van der Waals surface area (Å²) in [5, 5.41) is 0. The van der Waals surface area contributed by atoms with Crippen LogP contribution in [0.2, 0.25) is 0 Å². The molecule has 1 heterocycles. The van der Waals surface area contributed by atoms with Crippen LogP contribution in [0.3, 0.4) is 0 Å². The summed E-state index contributed by atoms with van der Waals surface area (Å²) >= 11 is 0. The molecule has 1 aromatic carbocycles. The Morgan fingerprint density at radius 2 is 2.06 bits per heavy atom. The van der Waals surface area contributed by atoms with Gasteiger partial charge < -0.3 is 4.74 Å². The van der Waals surface area contributed by atoms with Crippen molar-refractivity contribution in [1.29, 1.82) is 0 Å². The Kier molecular flexibility index (Phi) is 3.38. The monoisotopic (exact) mass is 231 g/mol. The van der Waals surface area contributed by atoms with Gasteiger partial charge in [0.1, 0.15) is 6.61 Å². The van der Waals surface area contributed by atoms with Crippen LogP contribution >= 0.6 is 0 Å². The maximum absolute atomic E-state index is 13.2. The van der Waals surface area contributed by atoms with Gasteiger partial charge in [0.25, 0.3) is 5.95 Å². The highest BCUT2D eigenvalue weighted by Crippen LogP contribution is 2.17. The fraction of sp³-hybridized carbons (Fsp3) is 0.214. The van der Waals surface area contributed by atoms with Crippen molar-refractivity contribution in [1.82, 2.24) is 4.98 Å². The number of hydrogen-bond acceptors (Lipinski definition) is 2. The number of aryl methyl sites for hydroxylation is 2. The smallest absolute Gasteiger partial charge is 0.255 e. The van der Waals surface area contributed by atoms with Crippen LogP contribution in [0, 0.1) is 19.8 Å². The molecule has 0 aliphatic heterocycles. The van der Waals surface area contributed by atoms with E-state index in [1.54, 1.807) is 12.1 Å². The number of pyridine rings is 1. The highest BCUT2D eigenvalue weighted by atomic mass is 19.1. The molecule has 2 rings (SSSR count). The van der Waals surface area contributed by atoms with Crippen molar-refractivity contribution in [2.75, 3.05) is 0 Å². The van der Waals surface area contributed by atoms with E-state index in [1.807, 2.05) is 32.0 Å². The van der Waals surface area contributed by atoms with Crippen LogP contribution in [-0.2, 0) is 6.61 Å². The molecule has 0 radical (unpaired) electrons. The first kappa shape index (κ1) is 11.6. The summed E-state index contributed by atoms with van der Waals surface area (Å²) in [6, 6.07) is 9.36. The second-order valence-corrected chi connectivity index (χ2v) is 4.01. The van der Waals surface area contributed by atoms with Crippen LogP contribution in [0.1, 0.15) is 16.7 Å². The first-order chi connectivity index (χ1) is 8.16. The highest BCUT2D eigenvalue weighted by molar-refractivity contribution is 5.30. The molecule has 0 aliphatic carbocycles. The summed E-state index contributed by atoms with van der Waals surface area (Å²) in [5.74, 6) is -0.383. The molecule has 0 saturated heterocycles. The second kappa shape index (κ2) is 4.95. The quantitative estimate of drug-likeness (QED) is 0.755. The third kappa shape index (κ3) is 2.81. The molecule has 1 aromatic heterocycles. The van der Waals surface area contributed by atoms with Gasteiger partial charge in [-0.2, -0.15) is 4.39 Å². The number of ether oxygens (including phenoxy) is 1. The summed E-state index contributed by atoms with van der Waals surface area (Å²) in [5.41, 5.74) is 3.37. The predicted molar refractivity (Wildman–Crippen MR) is 64.4 cm³/mol. The molecule has 0 N–H and O–H groups in total. The lowest BCUT2D eigenvalue weighted by molar-refractivity contribution is 0.285. The van der Waals surface area contributed by atoms with Gasteiger partial charge in [0, 0.05) is 6.20 Å². The van der Waals surface area contributed by atoms with Crippen LogP contribution in [-0.4, -0.2) is 4.98 Å². The summed E-state index contributed by atoms with van der Waals surface area (Å²) in [6.45, 7) is 4.39. The van der Waals surface area contributed by atoms with Gasteiger partial charge in [0.2, 0.25) is 0 Å². The first-order valence-corrected chi connectivity index (χ1v) is 5.46. The molecule has 0 fully saturated rings. The molecule has 0 unspecified atom stereocenters. The number of nitrogens with zero attached hydrogens (tertiary/aromatic N) is 1. The van der Waals surface area contributed by atoms with Crippen LogP contribution in [0.4, 0.5) is 4.39 Å². The lowest BCUT2D eigenvalue weighted by atomic mass is 10.1. The highest BCUT2D eigenvalue weighted by Gasteiger charge is 2.05. The molecule has 88 valence electrons. The molecular formula is C14H14FNO. The Morgan fingerprint density at radius 1 is 1.24 bits per heavy atom. The van der Waals surface area contributed by atoms with Gasteiger partial charge in [-0.15, -0.1) is 0 Å². The Balaban J connectivity index is 2.12. The zero-order chi connectivity index (χ0) is 12.3. The fourth-order valence-corrected chi connectivity index (χ4v) is 1.59. The van der Waals surface area contributed by atoms with Crippen molar-refractivity contribution in [2.24, 2.45) is 0 Å². The van der Waals surface area contributed by atoms with Crippen molar-refractivity contribution in [3.05, 3.63) is 59.2 Å². The number of aromatic nitrogens is 1. The number of halogens is 1. The van der Waals surface area contributed by atoms with E-state index in [0.29, 0.717) is 6.61 Å². The van der Waals surface area contributed by atoms with Gasteiger partial charge in [0.05, 0.1) is 0 Å². The Bertz CT molecular complexity index is 525. The van der Waals surface area contributed by atoms with E-state index >= 15 is 0 Å². The Morgan fingerprint density at radius 3 is 2.82 bits per heavy atom. The summed E-state index contributed by atoms with van der Waals surface area (Å²) in [6.07, 6.45) is 1.40. The average molecular weight is 231 g/mol. The number of rotatable bonds is 3. The van der Waals surface area contributed by atoms with Gasteiger partial charge >= 0.3 is 0 Å². The fourth-order valence-electron chi connectivity index (χ4n) is 1.59. The normalized spacial score (nSPS) is 10.3. The molecule has 2 aromatic rings. The Hall–Kier alpha value is -1.90. The van der Waals surface area contributed by atoms with E-state index in [-0.39, 0.29) is 5.75 Å². The van der Waals surface area contributed by atoms with E-state index in [0.717, 1.165) is 11.1 Å². The van der Waals surface area contributed by atoms with Crippen molar-refractivity contribution in [2.45, 2.75) is 20.5 Å². The molecular weight excluding hydrogens is 217 g/mol. The molecule has 0 saturated carbocycles. The van der Waals surface area contributed by atoms with E-state index in [9.17, 15) is 4.39 Å². The van der Waals surface area contributed by atoms with Gasteiger partial charge in [0.15, 0.2) is 5.75 Å². The van der Waals surface area contributed by atoms with E-state index in [1.165, 1.54) is 11.8 Å². The van der Waals surface area contributed by atoms with Gasteiger partial charge in [-0.3, -0.25) is 0 Å². The topological polar surface area (TPSA) is 22.1 Å². The third-order valence-electron chi connectivity index (χ3n) is 2.61. The number of hydrogen-bond donors (Lipinski definition) is 0.